The predicted molar refractivity (Wildman–Crippen MR) is 68.7 cm³/mol. The molecule has 2 N–H and O–H groups in total. The van der Waals surface area contributed by atoms with Gasteiger partial charge in [-0.1, -0.05) is 0 Å². The fourth-order valence-electron chi connectivity index (χ4n) is 3.80. The van der Waals surface area contributed by atoms with E-state index in [-0.39, 0.29) is 6.10 Å². The highest BCUT2D eigenvalue weighted by molar-refractivity contribution is 7.99. The summed E-state index contributed by atoms with van der Waals surface area (Å²) in [6.07, 6.45) is 7.60. The minimum absolute atomic E-state index is 0.0201. The van der Waals surface area contributed by atoms with Gasteiger partial charge >= 0.3 is 0 Å². The number of thioether (sulfide) groups is 1. The van der Waals surface area contributed by atoms with Crippen molar-refractivity contribution < 1.29 is 5.11 Å². The Morgan fingerprint density at radius 3 is 2.75 bits per heavy atom. The molecular weight excluding hydrogens is 218 g/mol. The fourth-order valence-corrected chi connectivity index (χ4v) is 5.00. The van der Waals surface area contributed by atoms with Crippen LogP contribution in [0.2, 0.25) is 0 Å². The molecule has 3 rings (SSSR count). The minimum Gasteiger partial charge on any atom is -0.393 e. The molecule has 0 aromatic carbocycles. The van der Waals surface area contributed by atoms with Gasteiger partial charge in [-0.3, -0.25) is 0 Å². The maximum atomic E-state index is 10.2. The number of piperidine rings is 1. The summed E-state index contributed by atoms with van der Waals surface area (Å²) < 4.78 is 0. The molecule has 4 unspecified atom stereocenters. The lowest BCUT2D eigenvalue weighted by atomic mass is 9.80. The molecule has 0 amide bonds. The predicted octanol–water partition coefficient (Wildman–Crippen LogP) is 2.02. The first-order valence-corrected chi connectivity index (χ1v) is 8.00. The summed E-state index contributed by atoms with van der Waals surface area (Å²) >= 11 is 2.10. The number of aliphatic hydroxyl groups is 1. The first kappa shape index (κ1) is 11.4. The Morgan fingerprint density at radius 2 is 1.94 bits per heavy atom. The standard InChI is InChI=1S/C13H23NOS/c15-13-8-10-1-2-12(14-10)11(13)7-9-3-5-16-6-4-9/h9-15H,1-8H2. The van der Waals surface area contributed by atoms with Gasteiger partial charge in [0.15, 0.2) is 0 Å². The molecule has 3 fully saturated rings. The molecule has 3 heterocycles. The van der Waals surface area contributed by atoms with Crippen LogP contribution in [0.5, 0.6) is 0 Å². The third-order valence-electron chi connectivity index (χ3n) is 4.76. The Balaban J connectivity index is 1.59. The highest BCUT2D eigenvalue weighted by Crippen LogP contribution is 2.38. The molecule has 92 valence electrons. The number of hydrogen-bond acceptors (Lipinski definition) is 3. The molecule has 16 heavy (non-hydrogen) atoms. The molecule has 2 bridgehead atoms. The summed E-state index contributed by atoms with van der Waals surface area (Å²) in [6.45, 7) is 0. The fraction of sp³-hybridized carbons (Fsp3) is 1.00. The second kappa shape index (κ2) is 4.87. The molecule has 0 aromatic rings. The molecule has 2 nitrogen and oxygen atoms in total. The first-order chi connectivity index (χ1) is 7.83. The van der Waals surface area contributed by atoms with Gasteiger partial charge < -0.3 is 10.4 Å². The van der Waals surface area contributed by atoms with Gasteiger partial charge in [-0.15, -0.1) is 0 Å². The summed E-state index contributed by atoms with van der Waals surface area (Å²) in [5.74, 6) is 4.12. The molecule has 0 saturated carbocycles. The molecule has 4 atom stereocenters. The first-order valence-electron chi connectivity index (χ1n) is 6.85. The maximum absolute atomic E-state index is 10.2. The Bertz CT molecular complexity index is 242. The summed E-state index contributed by atoms with van der Waals surface area (Å²) in [5.41, 5.74) is 0. The number of rotatable bonds is 2. The van der Waals surface area contributed by atoms with E-state index in [4.69, 9.17) is 0 Å². The van der Waals surface area contributed by atoms with Crippen LogP contribution in [0, 0.1) is 11.8 Å². The van der Waals surface area contributed by atoms with Crippen LogP contribution in [0.15, 0.2) is 0 Å². The summed E-state index contributed by atoms with van der Waals surface area (Å²) in [5, 5.41) is 13.9. The zero-order chi connectivity index (χ0) is 11.0. The summed E-state index contributed by atoms with van der Waals surface area (Å²) in [7, 11) is 0. The van der Waals surface area contributed by atoms with Crippen molar-refractivity contribution in [1.82, 2.24) is 5.32 Å². The van der Waals surface area contributed by atoms with Gasteiger partial charge in [0.05, 0.1) is 6.10 Å². The van der Waals surface area contributed by atoms with Gasteiger partial charge in [0.25, 0.3) is 0 Å². The molecule has 3 aliphatic heterocycles. The molecule has 0 aromatic heterocycles. The van der Waals surface area contributed by atoms with Gasteiger partial charge in [-0.25, -0.2) is 0 Å². The Kier molecular flexibility index (Phi) is 3.46. The van der Waals surface area contributed by atoms with Gasteiger partial charge in [0, 0.05) is 18.0 Å². The van der Waals surface area contributed by atoms with Gasteiger partial charge in [0.1, 0.15) is 0 Å². The molecule has 3 aliphatic rings. The van der Waals surface area contributed by atoms with E-state index >= 15 is 0 Å². The monoisotopic (exact) mass is 241 g/mol. The van der Waals surface area contributed by atoms with Crippen molar-refractivity contribution >= 4 is 11.8 Å². The van der Waals surface area contributed by atoms with Crippen molar-refractivity contribution in [2.24, 2.45) is 11.8 Å². The van der Waals surface area contributed by atoms with Crippen molar-refractivity contribution in [3.05, 3.63) is 0 Å². The molecule has 3 saturated heterocycles. The molecule has 0 spiro atoms. The van der Waals surface area contributed by atoms with Crippen LogP contribution in [0.4, 0.5) is 0 Å². The Labute approximate surface area is 103 Å². The van der Waals surface area contributed by atoms with Crippen molar-refractivity contribution in [1.29, 1.82) is 0 Å². The van der Waals surface area contributed by atoms with E-state index in [1.54, 1.807) is 0 Å². The number of nitrogens with one attached hydrogen (secondary N) is 1. The summed E-state index contributed by atoms with van der Waals surface area (Å²) in [6, 6.07) is 1.25. The second-order valence-corrected chi connectivity index (χ2v) is 7.03. The highest BCUT2D eigenvalue weighted by atomic mass is 32.2. The topological polar surface area (TPSA) is 32.3 Å². The van der Waals surface area contributed by atoms with Crippen molar-refractivity contribution in [2.45, 2.75) is 56.7 Å². The minimum atomic E-state index is -0.0201. The lowest BCUT2D eigenvalue weighted by Gasteiger charge is -2.37. The normalized spacial score (nSPS) is 44.8. The van der Waals surface area contributed by atoms with E-state index in [1.165, 1.54) is 43.6 Å². The zero-order valence-corrected chi connectivity index (χ0v) is 10.7. The highest BCUT2D eigenvalue weighted by Gasteiger charge is 2.41. The molecule has 3 heteroatoms. The van der Waals surface area contributed by atoms with Gasteiger partial charge in [-0.2, -0.15) is 11.8 Å². The Morgan fingerprint density at radius 1 is 1.12 bits per heavy atom. The van der Waals surface area contributed by atoms with Crippen LogP contribution < -0.4 is 5.32 Å². The third kappa shape index (κ3) is 2.27. The SMILES string of the molecule is OC1CC2CCC(N2)C1CC1CCSCC1. The second-order valence-electron chi connectivity index (χ2n) is 5.81. The average Bonchev–Trinajstić information content (AvgIpc) is 2.70. The van der Waals surface area contributed by atoms with Crippen LogP contribution in [0.3, 0.4) is 0 Å². The molecular formula is C13H23NOS. The van der Waals surface area contributed by atoms with Gasteiger partial charge in [-0.05, 0) is 55.9 Å². The van der Waals surface area contributed by atoms with Crippen LogP contribution in [0.1, 0.15) is 38.5 Å². The van der Waals surface area contributed by atoms with Crippen LogP contribution >= 0.6 is 11.8 Å². The quantitative estimate of drug-likeness (QED) is 0.776. The number of hydrogen-bond donors (Lipinski definition) is 2. The molecule has 0 radical (unpaired) electrons. The van der Waals surface area contributed by atoms with Crippen LogP contribution in [0.25, 0.3) is 0 Å². The van der Waals surface area contributed by atoms with E-state index in [2.05, 4.69) is 17.1 Å². The summed E-state index contributed by atoms with van der Waals surface area (Å²) in [4.78, 5) is 0. The zero-order valence-electron chi connectivity index (χ0n) is 9.90. The van der Waals surface area contributed by atoms with E-state index in [0.717, 1.165) is 12.3 Å². The van der Waals surface area contributed by atoms with Crippen LogP contribution in [-0.2, 0) is 0 Å². The van der Waals surface area contributed by atoms with Crippen molar-refractivity contribution in [3.63, 3.8) is 0 Å². The van der Waals surface area contributed by atoms with Gasteiger partial charge in [0.2, 0.25) is 0 Å². The van der Waals surface area contributed by atoms with E-state index in [1.807, 2.05) is 0 Å². The molecule has 0 aliphatic carbocycles. The van der Waals surface area contributed by atoms with E-state index in [0.29, 0.717) is 18.0 Å². The van der Waals surface area contributed by atoms with E-state index in [9.17, 15) is 5.11 Å². The number of aliphatic hydroxyl groups excluding tert-OH is 1. The number of fused-ring (bicyclic) bond motifs is 2. The van der Waals surface area contributed by atoms with Crippen LogP contribution in [-0.4, -0.2) is 34.8 Å². The van der Waals surface area contributed by atoms with E-state index < -0.39 is 0 Å². The maximum Gasteiger partial charge on any atom is 0.0598 e. The third-order valence-corrected chi connectivity index (χ3v) is 5.81. The Hall–Kier alpha value is 0.270. The smallest absolute Gasteiger partial charge is 0.0598 e. The van der Waals surface area contributed by atoms with Crippen molar-refractivity contribution in [2.75, 3.05) is 11.5 Å². The lowest BCUT2D eigenvalue weighted by molar-refractivity contribution is 0.0382. The lowest BCUT2D eigenvalue weighted by Crippen LogP contribution is -2.48. The average molecular weight is 241 g/mol. The van der Waals surface area contributed by atoms with Crippen molar-refractivity contribution in [3.8, 4) is 0 Å². The largest absolute Gasteiger partial charge is 0.393 e.